The molecule has 7 heteroatoms. The van der Waals surface area contributed by atoms with E-state index in [0.717, 1.165) is 18.2 Å². The zero-order valence-electron chi connectivity index (χ0n) is 11.6. The second-order valence-corrected chi connectivity index (χ2v) is 7.01. The lowest BCUT2D eigenvalue weighted by Gasteiger charge is -2.22. The number of hydrogen-bond donors (Lipinski definition) is 1. The van der Waals surface area contributed by atoms with E-state index in [0.29, 0.717) is 18.8 Å². The molecular weight excluding hydrogens is 293 g/mol. The number of nitrogens with zero attached hydrogens (tertiary/aromatic N) is 2. The van der Waals surface area contributed by atoms with Crippen LogP contribution in [0.5, 0.6) is 0 Å². The molecule has 0 saturated carbocycles. The Morgan fingerprint density at radius 2 is 2.14 bits per heavy atom. The predicted octanol–water partition coefficient (Wildman–Crippen LogP) is 2.38. The molecule has 1 N–H and O–H groups in total. The Kier molecular flexibility index (Phi) is 3.54. The van der Waals surface area contributed by atoms with Crippen molar-refractivity contribution in [3.05, 3.63) is 47.8 Å². The van der Waals surface area contributed by atoms with Gasteiger partial charge in [-0.1, -0.05) is 12.1 Å². The van der Waals surface area contributed by atoms with Crippen molar-refractivity contribution >= 4 is 10.0 Å². The van der Waals surface area contributed by atoms with Crippen molar-refractivity contribution in [3.63, 3.8) is 0 Å². The lowest BCUT2D eigenvalue weighted by Crippen LogP contribution is -2.31. The highest BCUT2D eigenvalue weighted by atomic mass is 32.2. The van der Waals surface area contributed by atoms with Gasteiger partial charge in [0.15, 0.2) is 0 Å². The molecular formula is C14H16FN3O2S. The van der Waals surface area contributed by atoms with Gasteiger partial charge in [-0.05, 0) is 31.9 Å². The SMILES string of the molecule is Cc1cnc([C@H]2CCCN2S(=O)(=O)c2ccccc2F)[nH]1. The highest BCUT2D eigenvalue weighted by Gasteiger charge is 2.38. The van der Waals surface area contributed by atoms with Crippen molar-refractivity contribution in [1.29, 1.82) is 0 Å². The van der Waals surface area contributed by atoms with Gasteiger partial charge in [0.25, 0.3) is 0 Å². The van der Waals surface area contributed by atoms with Crippen LogP contribution in [0.15, 0.2) is 35.4 Å². The molecule has 0 spiro atoms. The molecule has 5 nitrogen and oxygen atoms in total. The van der Waals surface area contributed by atoms with Gasteiger partial charge in [0, 0.05) is 18.4 Å². The fraction of sp³-hybridized carbons (Fsp3) is 0.357. The average Bonchev–Trinajstić information content (AvgIpc) is 3.07. The monoisotopic (exact) mass is 309 g/mol. The molecule has 3 rings (SSSR count). The van der Waals surface area contributed by atoms with Crippen molar-refractivity contribution in [2.24, 2.45) is 0 Å². The van der Waals surface area contributed by atoms with E-state index in [9.17, 15) is 12.8 Å². The number of imidazole rings is 1. The first kappa shape index (κ1) is 14.2. The van der Waals surface area contributed by atoms with Crippen LogP contribution in [0.4, 0.5) is 4.39 Å². The van der Waals surface area contributed by atoms with E-state index >= 15 is 0 Å². The molecule has 1 atom stereocenters. The Bertz CT molecular complexity index is 757. The molecule has 1 aliphatic rings. The standard InChI is InChI=1S/C14H16FN3O2S/c1-10-9-16-14(17-10)12-6-4-8-18(12)21(19,20)13-7-3-2-5-11(13)15/h2-3,5,7,9,12H,4,6,8H2,1H3,(H,16,17)/t12-/m1/s1. The van der Waals surface area contributed by atoms with Gasteiger partial charge < -0.3 is 4.98 Å². The first-order valence-electron chi connectivity index (χ1n) is 6.78. The van der Waals surface area contributed by atoms with Crippen LogP contribution in [0.2, 0.25) is 0 Å². The number of halogens is 1. The van der Waals surface area contributed by atoms with Crippen LogP contribution in [0.1, 0.15) is 30.4 Å². The molecule has 0 bridgehead atoms. The molecule has 21 heavy (non-hydrogen) atoms. The Balaban J connectivity index is 2.00. The van der Waals surface area contributed by atoms with Gasteiger partial charge in [0.1, 0.15) is 16.5 Å². The number of nitrogens with one attached hydrogen (secondary N) is 1. The van der Waals surface area contributed by atoms with Crippen LogP contribution in [-0.2, 0) is 10.0 Å². The number of rotatable bonds is 3. The lowest BCUT2D eigenvalue weighted by molar-refractivity contribution is 0.382. The Hall–Kier alpha value is -1.73. The highest BCUT2D eigenvalue weighted by Crippen LogP contribution is 2.35. The molecule has 2 heterocycles. The van der Waals surface area contributed by atoms with E-state index in [-0.39, 0.29) is 10.9 Å². The summed E-state index contributed by atoms with van der Waals surface area (Å²) in [6, 6.07) is 5.11. The van der Waals surface area contributed by atoms with E-state index in [4.69, 9.17) is 0 Å². The van der Waals surface area contributed by atoms with E-state index in [1.54, 1.807) is 6.20 Å². The fourth-order valence-electron chi connectivity index (χ4n) is 2.68. The third-order valence-electron chi connectivity index (χ3n) is 3.67. The topological polar surface area (TPSA) is 66.1 Å². The van der Waals surface area contributed by atoms with Crippen molar-refractivity contribution < 1.29 is 12.8 Å². The zero-order valence-corrected chi connectivity index (χ0v) is 12.4. The number of aromatic nitrogens is 2. The van der Waals surface area contributed by atoms with Crippen molar-refractivity contribution in [2.45, 2.75) is 30.7 Å². The molecule has 1 aromatic carbocycles. The number of H-pyrrole nitrogens is 1. The van der Waals surface area contributed by atoms with Gasteiger partial charge in [-0.3, -0.25) is 0 Å². The third kappa shape index (κ3) is 2.47. The summed E-state index contributed by atoms with van der Waals surface area (Å²) in [7, 11) is -3.86. The molecule has 0 radical (unpaired) electrons. The van der Waals surface area contributed by atoms with Crippen molar-refractivity contribution in [2.75, 3.05) is 6.54 Å². The maximum absolute atomic E-state index is 13.8. The Labute approximate surface area is 122 Å². The molecule has 1 saturated heterocycles. The van der Waals surface area contributed by atoms with Gasteiger partial charge in [-0.2, -0.15) is 4.31 Å². The molecule has 112 valence electrons. The van der Waals surface area contributed by atoms with Crippen LogP contribution in [0.3, 0.4) is 0 Å². The minimum absolute atomic E-state index is 0.278. The normalized spacial score (nSPS) is 20.0. The second kappa shape index (κ2) is 5.23. The van der Waals surface area contributed by atoms with Crippen molar-refractivity contribution in [1.82, 2.24) is 14.3 Å². The summed E-state index contributed by atoms with van der Waals surface area (Å²) < 4.78 is 40.6. The van der Waals surface area contributed by atoms with Crippen LogP contribution < -0.4 is 0 Å². The largest absolute Gasteiger partial charge is 0.345 e. The molecule has 2 aromatic rings. The number of aromatic amines is 1. The fourth-order valence-corrected chi connectivity index (χ4v) is 4.41. The van der Waals surface area contributed by atoms with E-state index in [1.165, 1.54) is 22.5 Å². The molecule has 0 amide bonds. The van der Waals surface area contributed by atoms with Crippen LogP contribution in [0.25, 0.3) is 0 Å². The van der Waals surface area contributed by atoms with Gasteiger partial charge in [0.05, 0.1) is 6.04 Å². The smallest absolute Gasteiger partial charge is 0.246 e. The minimum atomic E-state index is -3.86. The summed E-state index contributed by atoms with van der Waals surface area (Å²) in [4.78, 5) is 7.02. The summed E-state index contributed by atoms with van der Waals surface area (Å²) in [5, 5.41) is 0. The summed E-state index contributed by atoms with van der Waals surface area (Å²) in [6.07, 6.45) is 3.08. The molecule has 1 aliphatic heterocycles. The van der Waals surface area contributed by atoms with E-state index in [1.807, 2.05) is 6.92 Å². The number of hydrogen-bond acceptors (Lipinski definition) is 3. The maximum atomic E-state index is 13.8. The minimum Gasteiger partial charge on any atom is -0.345 e. The maximum Gasteiger partial charge on any atom is 0.246 e. The van der Waals surface area contributed by atoms with Gasteiger partial charge >= 0.3 is 0 Å². The Morgan fingerprint density at radius 1 is 1.38 bits per heavy atom. The summed E-state index contributed by atoms with van der Waals surface area (Å²) in [6.45, 7) is 2.24. The van der Waals surface area contributed by atoms with Crippen LogP contribution in [0, 0.1) is 12.7 Å². The van der Waals surface area contributed by atoms with Crippen LogP contribution >= 0.6 is 0 Å². The van der Waals surface area contributed by atoms with Gasteiger partial charge in [-0.15, -0.1) is 0 Å². The predicted molar refractivity (Wildman–Crippen MR) is 75.6 cm³/mol. The quantitative estimate of drug-likeness (QED) is 0.946. The van der Waals surface area contributed by atoms with Crippen molar-refractivity contribution in [3.8, 4) is 0 Å². The van der Waals surface area contributed by atoms with Gasteiger partial charge in [0.2, 0.25) is 10.0 Å². The summed E-state index contributed by atoms with van der Waals surface area (Å²) in [5.41, 5.74) is 0.875. The molecule has 1 aromatic heterocycles. The first-order valence-corrected chi connectivity index (χ1v) is 8.22. The third-order valence-corrected chi connectivity index (χ3v) is 5.61. The lowest BCUT2D eigenvalue weighted by atomic mass is 10.2. The van der Waals surface area contributed by atoms with Gasteiger partial charge in [-0.25, -0.2) is 17.8 Å². The summed E-state index contributed by atoms with van der Waals surface area (Å²) >= 11 is 0. The zero-order chi connectivity index (χ0) is 15.0. The second-order valence-electron chi connectivity index (χ2n) is 5.16. The van der Waals surface area contributed by atoms with Crippen LogP contribution in [-0.4, -0.2) is 29.2 Å². The average molecular weight is 309 g/mol. The first-order chi connectivity index (χ1) is 10.00. The Morgan fingerprint density at radius 3 is 2.81 bits per heavy atom. The van der Waals surface area contributed by atoms with E-state index < -0.39 is 15.8 Å². The number of aryl methyl sites for hydroxylation is 1. The summed E-state index contributed by atoms with van der Waals surface area (Å²) in [5.74, 6) is -0.108. The number of sulfonamides is 1. The number of benzene rings is 1. The molecule has 0 aliphatic carbocycles. The van der Waals surface area contributed by atoms with E-state index in [2.05, 4.69) is 9.97 Å². The molecule has 0 unspecified atom stereocenters. The highest BCUT2D eigenvalue weighted by molar-refractivity contribution is 7.89. The molecule has 1 fully saturated rings.